The van der Waals surface area contributed by atoms with Crippen LogP contribution in [0.2, 0.25) is 5.02 Å². The van der Waals surface area contributed by atoms with Gasteiger partial charge < -0.3 is 15.2 Å². The standard InChI is InChI=1S/C21H19ClN4O2/c1-12-10-18-15(11-16(12)22)8-9-17(24-18)20(27)23-13(2)19-25-21(28-26-19)14-6-4-3-5-7-14/h3-11,13,17,24H,1-2H3,(H,23,27). The average Bonchev–Trinajstić information content (AvgIpc) is 3.19. The van der Waals surface area contributed by atoms with Crippen LogP contribution in [0.25, 0.3) is 17.5 Å². The van der Waals surface area contributed by atoms with Crippen LogP contribution in [0.4, 0.5) is 5.69 Å². The third kappa shape index (κ3) is 3.64. The van der Waals surface area contributed by atoms with Crippen molar-refractivity contribution in [3.05, 3.63) is 70.5 Å². The predicted molar refractivity (Wildman–Crippen MR) is 109 cm³/mol. The number of carbonyl (C=O) groups excluding carboxylic acids is 1. The van der Waals surface area contributed by atoms with E-state index in [1.165, 1.54) is 0 Å². The number of hydrogen-bond acceptors (Lipinski definition) is 5. The lowest BCUT2D eigenvalue weighted by Crippen LogP contribution is -2.40. The molecular weight excluding hydrogens is 376 g/mol. The summed E-state index contributed by atoms with van der Waals surface area (Å²) in [5.41, 5.74) is 3.62. The van der Waals surface area contributed by atoms with Crippen LogP contribution in [-0.2, 0) is 4.79 Å². The van der Waals surface area contributed by atoms with E-state index in [2.05, 4.69) is 20.8 Å². The summed E-state index contributed by atoms with van der Waals surface area (Å²) in [7, 11) is 0. The minimum Gasteiger partial charge on any atom is -0.370 e. The van der Waals surface area contributed by atoms with Gasteiger partial charge in [0.05, 0.1) is 6.04 Å². The Morgan fingerprint density at radius 3 is 2.86 bits per heavy atom. The highest BCUT2D eigenvalue weighted by Gasteiger charge is 2.24. The van der Waals surface area contributed by atoms with E-state index >= 15 is 0 Å². The average molecular weight is 395 g/mol. The van der Waals surface area contributed by atoms with E-state index in [9.17, 15) is 4.79 Å². The lowest BCUT2D eigenvalue weighted by molar-refractivity contribution is -0.121. The van der Waals surface area contributed by atoms with Crippen LogP contribution < -0.4 is 10.6 Å². The van der Waals surface area contributed by atoms with Crippen LogP contribution in [0.5, 0.6) is 0 Å². The quantitative estimate of drug-likeness (QED) is 0.686. The summed E-state index contributed by atoms with van der Waals surface area (Å²) < 4.78 is 5.32. The van der Waals surface area contributed by atoms with Crippen molar-refractivity contribution >= 4 is 29.3 Å². The molecule has 2 atom stereocenters. The van der Waals surface area contributed by atoms with Crippen molar-refractivity contribution in [2.75, 3.05) is 5.32 Å². The first kappa shape index (κ1) is 18.3. The molecule has 2 N–H and O–H groups in total. The van der Waals surface area contributed by atoms with Crippen LogP contribution >= 0.6 is 11.6 Å². The first-order chi connectivity index (χ1) is 13.5. The number of amides is 1. The summed E-state index contributed by atoms with van der Waals surface area (Å²) in [6.45, 7) is 3.75. The second kappa shape index (κ2) is 7.48. The van der Waals surface area contributed by atoms with E-state index < -0.39 is 12.1 Å². The molecule has 0 saturated carbocycles. The number of hydrogen-bond donors (Lipinski definition) is 2. The SMILES string of the molecule is Cc1cc2c(cc1Cl)C=CC(C(=O)NC(C)c1noc(-c3ccccc3)n1)N2. The Balaban J connectivity index is 1.44. The topological polar surface area (TPSA) is 80.1 Å². The van der Waals surface area contributed by atoms with Gasteiger partial charge in [-0.05, 0) is 49.2 Å². The summed E-state index contributed by atoms with van der Waals surface area (Å²) in [6, 6.07) is 12.4. The van der Waals surface area contributed by atoms with Gasteiger partial charge in [-0.25, -0.2) is 0 Å². The van der Waals surface area contributed by atoms with Gasteiger partial charge in [0.25, 0.3) is 5.89 Å². The summed E-state index contributed by atoms with van der Waals surface area (Å²) in [5, 5.41) is 10.9. The molecule has 0 fully saturated rings. The molecule has 0 radical (unpaired) electrons. The molecule has 142 valence electrons. The van der Waals surface area contributed by atoms with Crippen LogP contribution in [-0.4, -0.2) is 22.1 Å². The molecule has 1 aromatic heterocycles. The van der Waals surface area contributed by atoms with Crippen molar-refractivity contribution in [1.82, 2.24) is 15.5 Å². The van der Waals surface area contributed by atoms with Crippen molar-refractivity contribution in [2.45, 2.75) is 25.9 Å². The molecule has 7 heteroatoms. The molecule has 1 aliphatic rings. The first-order valence-electron chi connectivity index (χ1n) is 8.95. The maximum absolute atomic E-state index is 12.7. The van der Waals surface area contributed by atoms with E-state index in [1.54, 1.807) is 0 Å². The van der Waals surface area contributed by atoms with E-state index in [0.717, 1.165) is 22.4 Å². The number of halogens is 1. The molecule has 4 rings (SSSR count). The molecule has 2 heterocycles. The number of aryl methyl sites for hydroxylation is 1. The second-order valence-electron chi connectivity index (χ2n) is 6.72. The van der Waals surface area contributed by atoms with Crippen molar-refractivity contribution < 1.29 is 9.32 Å². The third-order valence-corrected chi connectivity index (χ3v) is 5.01. The van der Waals surface area contributed by atoms with Crippen molar-refractivity contribution in [3.8, 4) is 11.5 Å². The fourth-order valence-electron chi connectivity index (χ4n) is 3.00. The molecule has 3 aromatic rings. The summed E-state index contributed by atoms with van der Waals surface area (Å²) in [6.07, 6.45) is 3.70. The van der Waals surface area contributed by atoms with Crippen molar-refractivity contribution in [1.29, 1.82) is 0 Å². The van der Waals surface area contributed by atoms with Crippen LogP contribution in [0.1, 0.15) is 29.9 Å². The smallest absolute Gasteiger partial charge is 0.257 e. The number of aromatic nitrogens is 2. The number of fused-ring (bicyclic) bond motifs is 1. The molecule has 0 saturated heterocycles. The van der Waals surface area contributed by atoms with Crippen LogP contribution in [0.15, 0.2) is 53.1 Å². The van der Waals surface area contributed by atoms with Crippen molar-refractivity contribution in [2.24, 2.45) is 0 Å². The number of benzene rings is 2. The molecule has 0 bridgehead atoms. The Hall–Kier alpha value is -3.12. The molecule has 2 unspecified atom stereocenters. The Morgan fingerprint density at radius 2 is 2.07 bits per heavy atom. The third-order valence-electron chi connectivity index (χ3n) is 4.60. The zero-order chi connectivity index (χ0) is 19.7. The normalized spacial score (nSPS) is 16.2. The van der Waals surface area contributed by atoms with Gasteiger partial charge in [-0.1, -0.05) is 47.1 Å². The van der Waals surface area contributed by atoms with Gasteiger partial charge in [-0.3, -0.25) is 4.79 Å². The van der Waals surface area contributed by atoms with Gasteiger partial charge in [0.1, 0.15) is 6.04 Å². The Bertz CT molecular complexity index is 1050. The molecule has 0 spiro atoms. The largest absolute Gasteiger partial charge is 0.370 e. The van der Waals surface area contributed by atoms with Gasteiger partial charge in [0.2, 0.25) is 5.91 Å². The maximum atomic E-state index is 12.7. The predicted octanol–water partition coefficient (Wildman–Crippen LogP) is 4.38. The molecular formula is C21H19ClN4O2. The van der Waals surface area contributed by atoms with Crippen molar-refractivity contribution in [3.63, 3.8) is 0 Å². The van der Waals surface area contributed by atoms with E-state index in [-0.39, 0.29) is 5.91 Å². The van der Waals surface area contributed by atoms with Gasteiger partial charge in [0.15, 0.2) is 5.82 Å². The summed E-state index contributed by atoms with van der Waals surface area (Å²) in [5.74, 6) is 0.678. The number of nitrogens with one attached hydrogen (secondary N) is 2. The second-order valence-corrected chi connectivity index (χ2v) is 7.13. The zero-order valence-electron chi connectivity index (χ0n) is 15.4. The molecule has 28 heavy (non-hydrogen) atoms. The minimum absolute atomic E-state index is 0.173. The van der Waals surface area contributed by atoms with Gasteiger partial charge in [0, 0.05) is 16.3 Å². The Morgan fingerprint density at radius 1 is 1.29 bits per heavy atom. The monoisotopic (exact) mass is 394 g/mol. The van der Waals surface area contributed by atoms with Crippen LogP contribution in [0, 0.1) is 6.92 Å². The van der Waals surface area contributed by atoms with Gasteiger partial charge >= 0.3 is 0 Å². The molecule has 6 nitrogen and oxygen atoms in total. The number of carbonyl (C=O) groups is 1. The lowest BCUT2D eigenvalue weighted by atomic mass is 10.0. The maximum Gasteiger partial charge on any atom is 0.257 e. The van der Waals surface area contributed by atoms with Crippen LogP contribution in [0.3, 0.4) is 0 Å². The van der Waals surface area contributed by atoms with Gasteiger partial charge in [-0.2, -0.15) is 4.98 Å². The highest BCUT2D eigenvalue weighted by atomic mass is 35.5. The fourth-order valence-corrected chi connectivity index (χ4v) is 3.18. The van der Waals surface area contributed by atoms with E-state index in [0.29, 0.717) is 16.7 Å². The molecule has 0 aliphatic carbocycles. The van der Waals surface area contributed by atoms with E-state index in [1.807, 2.05) is 68.5 Å². The molecule has 2 aromatic carbocycles. The Labute approximate surface area is 167 Å². The fraction of sp³-hybridized carbons (Fsp3) is 0.190. The summed E-state index contributed by atoms with van der Waals surface area (Å²) >= 11 is 6.16. The lowest BCUT2D eigenvalue weighted by Gasteiger charge is -2.23. The highest BCUT2D eigenvalue weighted by Crippen LogP contribution is 2.29. The molecule has 1 amide bonds. The van der Waals surface area contributed by atoms with Gasteiger partial charge in [-0.15, -0.1) is 0 Å². The zero-order valence-corrected chi connectivity index (χ0v) is 16.2. The number of anilines is 1. The highest BCUT2D eigenvalue weighted by molar-refractivity contribution is 6.31. The number of rotatable bonds is 4. The minimum atomic E-state index is -0.490. The first-order valence-corrected chi connectivity index (χ1v) is 9.33. The van der Waals surface area contributed by atoms with E-state index in [4.69, 9.17) is 16.1 Å². The number of nitrogens with zero attached hydrogens (tertiary/aromatic N) is 2. The molecule has 1 aliphatic heterocycles. The summed E-state index contributed by atoms with van der Waals surface area (Å²) in [4.78, 5) is 17.1. The Kier molecular flexibility index (Phi) is 4.88.